The van der Waals surface area contributed by atoms with Gasteiger partial charge in [0.25, 0.3) is 11.6 Å². The third-order valence-corrected chi connectivity index (χ3v) is 4.13. The summed E-state index contributed by atoms with van der Waals surface area (Å²) in [6.07, 6.45) is 2.56. The zero-order valence-electron chi connectivity index (χ0n) is 17.0. The lowest BCUT2D eigenvalue weighted by Crippen LogP contribution is -2.13. The average molecular weight is 430 g/mol. The molecule has 9 nitrogen and oxygen atoms in total. The highest BCUT2D eigenvalue weighted by molar-refractivity contribution is 6.09. The number of aromatic nitrogens is 1. The number of nitriles is 1. The van der Waals surface area contributed by atoms with Crippen LogP contribution in [0.1, 0.15) is 12.5 Å². The van der Waals surface area contributed by atoms with Crippen molar-refractivity contribution in [2.45, 2.75) is 6.92 Å². The van der Waals surface area contributed by atoms with E-state index in [0.29, 0.717) is 29.4 Å². The molecule has 1 aromatic heterocycles. The van der Waals surface area contributed by atoms with Crippen LogP contribution in [0.25, 0.3) is 6.08 Å². The standard InChI is InChI=1S/C23H18N4O5/c1-2-31-20-10-5-18(6-11-20)26-23(28)17(14-24)13-16-3-8-21(9-4-16)32-22-12-7-19(15-25-22)27(29)30/h3-13,15H,2H2,1H3,(H,26,28)/b17-13-. The number of benzene rings is 2. The van der Waals surface area contributed by atoms with Gasteiger partial charge in [-0.05, 0) is 55.0 Å². The topological polar surface area (TPSA) is 127 Å². The number of ether oxygens (including phenoxy) is 2. The first-order valence-corrected chi connectivity index (χ1v) is 9.53. The van der Waals surface area contributed by atoms with E-state index in [0.717, 1.165) is 6.20 Å². The first-order chi connectivity index (χ1) is 15.5. The molecule has 0 fully saturated rings. The molecule has 160 valence electrons. The second-order valence-corrected chi connectivity index (χ2v) is 6.36. The van der Waals surface area contributed by atoms with E-state index in [1.54, 1.807) is 48.5 Å². The Balaban J connectivity index is 1.65. The molecule has 0 aliphatic carbocycles. The number of pyridine rings is 1. The number of anilines is 1. The van der Waals surface area contributed by atoms with Crippen molar-refractivity contribution in [2.75, 3.05) is 11.9 Å². The second kappa shape index (κ2) is 10.4. The van der Waals surface area contributed by atoms with Crippen LogP contribution in [0.2, 0.25) is 0 Å². The van der Waals surface area contributed by atoms with Crippen LogP contribution in [-0.2, 0) is 4.79 Å². The summed E-state index contributed by atoms with van der Waals surface area (Å²) in [7, 11) is 0. The molecule has 0 bridgehead atoms. The number of nitrogens with zero attached hydrogens (tertiary/aromatic N) is 3. The average Bonchev–Trinajstić information content (AvgIpc) is 2.80. The van der Waals surface area contributed by atoms with Crippen LogP contribution >= 0.6 is 0 Å². The number of rotatable bonds is 8. The Hall–Kier alpha value is -4.71. The lowest BCUT2D eigenvalue weighted by molar-refractivity contribution is -0.385. The summed E-state index contributed by atoms with van der Waals surface area (Å²) in [4.78, 5) is 26.4. The number of hydrogen-bond donors (Lipinski definition) is 1. The van der Waals surface area contributed by atoms with Gasteiger partial charge in [-0.1, -0.05) is 12.1 Å². The first-order valence-electron chi connectivity index (χ1n) is 9.53. The fourth-order valence-corrected chi connectivity index (χ4v) is 2.61. The van der Waals surface area contributed by atoms with Crippen molar-refractivity contribution in [3.8, 4) is 23.4 Å². The van der Waals surface area contributed by atoms with E-state index in [1.807, 2.05) is 13.0 Å². The molecule has 1 amide bonds. The maximum absolute atomic E-state index is 12.4. The molecular weight excluding hydrogens is 412 g/mol. The maximum Gasteiger partial charge on any atom is 0.287 e. The summed E-state index contributed by atoms with van der Waals surface area (Å²) in [6.45, 7) is 2.42. The second-order valence-electron chi connectivity index (χ2n) is 6.36. The highest BCUT2D eigenvalue weighted by Gasteiger charge is 2.10. The van der Waals surface area contributed by atoms with E-state index in [2.05, 4.69) is 10.3 Å². The van der Waals surface area contributed by atoms with Crippen molar-refractivity contribution in [1.82, 2.24) is 4.98 Å². The van der Waals surface area contributed by atoms with Gasteiger partial charge >= 0.3 is 0 Å². The van der Waals surface area contributed by atoms with E-state index in [9.17, 15) is 20.2 Å². The van der Waals surface area contributed by atoms with E-state index in [-0.39, 0.29) is 17.1 Å². The van der Waals surface area contributed by atoms with Crippen LogP contribution in [0, 0.1) is 21.4 Å². The third-order valence-electron chi connectivity index (χ3n) is 4.13. The zero-order valence-corrected chi connectivity index (χ0v) is 17.0. The van der Waals surface area contributed by atoms with Crippen molar-refractivity contribution in [1.29, 1.82) is 5.26 Å². The minimum Gasteiger partial charge on any atom is -0.494 e. The van der Waals surface area contributed by atoms with E-state index in [1.165, 1.54) is 18.2 Å². The molecule has 3 rings (SSSR count). The van der Waals surface area contributed by atoms with E-state index in [4.69, 9.17) is 9.47 Å². The minimum atomic E-state index is -0.545. The zero-order chi connectivity index (χ0) is 22.9. The van der Waals surface area contributed by atoms with Gasteiger partial charge in [-0.15, -0.1) is 0 Å². The normalized spacial score (nSPS) is 10.7. The van der Waals surface area contributed by atoms with Gasteiger partial charge in [0.2, 0.25) is 5.88 Å². The minimum absolute atomic E-state index is 0.0652. The lowest BCUT2D eigenvalue weighted by Gasteiger charge is -2.07. The Labute approximate surface area is 183 Å². The van der Waals surface area contributed by atoms with Gasteiger partial charge < -0.3 is 14.8 Å². The van der Waals surface area contributed by atoms with Crippen LogP contribution in [0.5, 0.6) is 17.4 Å². The number of carbonyl (C=O) groups excluding carboxylic acids is 1. The lowest BCUT2D eigenvalue weighted by atomic mass is 10.1. The molecule has 0 spiro atoms. The van der Waals surface area contributed by atoms with Crippen molar-refractivity contribution < 1.29 is 19.2 Å². The van der Waals surface area contributed by atoms with Crippen LogP contribution in [0.3, 0.4) is 0 Å². The quantitative estimate of drug-likeness (QED) is 0.237. The monoisotopic (exact) mass is 430 g/mol. The molecule has 0 atom stereocenters. The predicted octanol–water partition coefficient (Wildman–Crippen LogP) is 4.73. The molecular formula is C23H18N4O5. The van der Waals surface area contributed by atoms with Crippen molar-refractivity contribution in [3.63, 3.8) is 0 Å². The van der Waals surface area contributed by atoms with Gasteiger partial charge in [-0.25, -0.2) is 4.98 Å². The summed E-state index contributed by atoms with van der Waals surface area (Å²) in [6, 6.07) is 18.0. The Morgan fingerprint density at radius 3 is 2.38 bits per heavy atom. The van der Waals surface area contributed by atoms with Crippen molar-refractivity contribution in [2.24, 2.45) is 0 Å². The molecule has 0 saturated heterocycles. The summed E-state index contributed by atoms with van der Waals surface area (Å²) < 4.78 is 10.9. The molecule has 0 saturated carbocycles. The summed E-state index contributed by atoms with van der Waals surface area (Å²) in [5.74, 6) is 0.798. The number of nitrogens with one attached hydrogen (secondary N) is 1. The fraction of sp³-hybridized carbons (Fsp3) is 0.0870. The largest absolute Gasteiger partial charge is 0.494 e. The summed E-state index contributed by atoms with van der Waals surface area (Å²) in [5.41, 5.74) is 0.960. The van der Waals surface area contributed by atoms with E-state index < -0.39 is 10.8 Å². The van der Waals surface area contributed by atoms with Gasteiger partial charge in [-0.3, -0.25) is 14.9 Å². The van der Waals surface area contributed by atoms with Gasteiger partial charge in [0, 0.05) is 17.8 Å². The smallest absolute Gasteiger partial charge is 0.287 e. The Morgan fingerprint density at radius 1 is 1.12 bits per heavy atom. The maximum atomic E-state index is 12.4. The summed E-state index contributed by atoms with van der Waals surface area (Å²) in [5, 5.41) is 22.7. The Kier molecular flexibility index (Phi) is 7.12. The molecule has 1 heterocycles. The van der Waals surface area contributed by atoms with Crippen LogP contribution in [0.15, 0.2) is 72.4 Å². The fourth-order valence-electron chi connectivity index (χ4n) is 2.61. The van der Waals surface area contributed by atoms with Crippen LogP contribution in [0.4, 0.5) is 11.4 Å². The molecule has 32 heavy (non-hydrogen) atoms. The van der Waals surface area contributed by atoms with Gasteiger partial charge in [-0.2, -0.15) is 5.26 Å². The first kappa shape index (κ1) is 22.0. The van der Waals surface area contributed by atoms with E-state index >= 15 is 0 Å². The molecule has 0 unspecified atom stereocenters. The number of amides is 1. The highest BCUT2D eigenvalue weighted by atomic mass is 16.6. The predicted molar refractivity (Wildman–Crippen MR) is 117 cm³/mol. The Morgan fingerprint density at radius 2 is 1.81 bits per heavy atom. The van der Waals surface area contributed by atoms with Crippen LogP contribution < -0.4 is 14.8 Å². The molecule has 1 N–H and O–H groups in total. The third kappa shape index (κ3) is 5.90. The molecule has 0 radical (unpaired) electrons. The van der Waals surface area contributed by atoms with Crippen molar-refractivity contribution in [3.05, 3.63) is 88.1 Å². The van der Waals surface area contributed by atoms with Crippen LogP contribution in [-0.4, -0.2) is 22.4 Å². The van der Waals surface area contributed by atoms with Gasteiger partial charge in [0.05, 0.1) is 11.5 Å². The number of nitro groups is 1. The number of hydrogen-bond acceptors (Lipinski definition) is 7. The molecule has 3 aromatic rings. The molecule has 0 aliphatic heterocycles. The molecule has 9 heteroatoms. The Bertz CT molecular complexity index is 1170. The van der Waals surface area contributed by atoms with Crippen molar-refractivity contribution >= 4 is 23.4 Å². The molecule has 2 aromatic carbocycles. The van der Waals surface area contributed by atoms with Gasteiger partial charge in [0.15, 0.2) is 0 Å². The summed E-state index contributed by atoms with van der Waals surface area (Å²) >= 11 is 0. The highest BCUT2D eigenvalue weighted by Crippen LogP contribution is 2.22. The SMILES string of the molecule is CCOc1ccc(NC(=O)/C(C#N)=C\c2ccc(Oc3ccc([N+](=O)[O-])cn3)cc2)cc1. The number of carbonyl (C=O) groups is 1. The van der Waals surface area contributed by atoms with Gasteiger partial charge in [0.1, 0.15) is 29.3 Å². The molecule has 0 aliphatic rings.